The molecule has 0 aliphatic rings. The van der Waals surface area contributed by atoms with E-state index in [4.69, 9.17) is 9.47 Å². The Bertz CT molecular complexity index is 391. The van der Waals surface area contributed by atoms with Crippen molar-refractivity contribution in [3.8, 4) is 11.5 Å². The summed E-state index contributed by atoms with van der Waals surface area (Å²) < 4.78 is 11.4. The van der Waals surface area contributed by atoms with Crippen LogP contribution in [0.2, 0.25) is 0 Å². The minimum atomic E-state index is 0.504. The molecule has 0 aromatic heterocycles. The van der Waals surface area contributed by atoms with Crippen molar-refractivity contribution < 1.29 is 9.47 Å². The van der Waals surface area contributed by atoms with Crippen LogP contribution in [0.15, 0.2) is 18.2 Å². The molecular formula is C18H31NO2. The molecule has 0 bridgehead atoms. The first kappa shape index (κ1) is 17.8. The average Bonchev–Trinajstić information content (AvgIpc) is 2.48. The number of nitrogens with one attached hydrogen (secondary N) is 1. The van der Waals surface area contributed by atoms with Gasteiger partial charge in [0.1, 0.15) is 0 Å². The van der Waals surface area contributed by atoms with Crippen LogP contribution in [0, 0.1) is 5.92 Å². The molecule has 120 valence electrons. The molecule has 1 rings (SSSR count). The molecule has 0 saturated heterocycles. The standard InChI is InChI=1S/C18H31NO2/c1-5-6-7-8-12-19-13-16-10-9-11-17(20-4)18(16)21-14-15(2)3/h9-11,15,19H,5-8,12-14H2,1-4H3. The molecule has 1 aromatic rings. The third-order valence-electron chi connectivity index (χ3n) is 3.36. The molecule has 1 N–H and O–H groups in total. The van der Waals surface area contributed by atoms with Gasteiger partial charge in [-0.1, -0.05) is 52.2 Å². The number of benzene rings is 1. The quantitative estimate of drug-likeness (QED) is 0.613. The summed E-state index contributed by atoms with van der Waals surface area (Å²) in [6, 6.07) is 6.09. The van der Waals surface area contributed by atoms with Gasteiger partial charge in [-0.3, -0.25) is 0 Å². The van der Waals surface area contributed by atoms with Crippen molar-refractivity contribution in [1.82, 2.24) is 5.32 Å². The number of rotatable bonds is 11. The van der Waals surface area contributed by atoms with E-state index >= 15 is 0 Å². The minimum absolute atomic E-state index is 0.504. The van der Waals surface area contributed by atoms with Crippen LogP contribution in [-0.2, 0) is 6.54 Å². The molecule has 0 aliphatic heterocycles. The van der Waals surface area contributed by atoms with Gasteiger partial charge in [0, 0.05) is 12.1 Å². The van der Waals surface area contributed by atoms with Crippen LogP contribution in [0.25, 0.3) is 0 Å². The summed E-state index contributed by atoms with van der Waals surface area (Å²) in [5.74, 6) is 2.21. The van der Waals surface area contributed by atoms with Crippen molar-refractivity contribution in [2.45, 2.75) is 53.0 Å². The van der Waals surface area contributed by atoms with E-state index in [0.717, 1.165) is 24.6 Å². The molecule has 0 spiro atoms. The van der Waals surface area contributed by atoms with Crippen LogP contribution in [0.1, 0.15) is 52.0 Å². The summed E-state index contributed by atoms with van der Waals surface area (Å²) in [5.41, 5.74) is 1.17. The van der Waals surface area contributed by atoms with E-state index in [0.29, 0.717) is 12.5 Å². The van der Waals surface area contributed by atoms with Crippen molar-refractivity contribution in [2.24, 2.45) is 5.92 Å². The first-order chi connectivity index (χ1) is 10.2. The molecule has 3 heteroatoms. The lowest BCUT2D eigenvalue weighted by Crippen LogP contribution is -2.16. The SMILES string of the molecule is CCCCCCNCc1cccc(OC)c1OCC(C)C. The third kappa shape index (κ3) is 6.85. The fraction of sp³-hybridized carbons (Fsp3) is 0.667. The van der Waals surface area contributed by atoms with E-state index in [1.54, 1.807) is 7.11 Å². The predicted molar refractivity (Wildman–Crippen MR) is 89.2 cm³/mol. The van der Waals surface area contributed by atoms with Gasteiger partial charge < -0.3 is 14.8 Å². The van der Waals surface area contributed by atoms with Gasteiger partial charge in [0.25, 0.3) is 0 Å². The van der Waals surface area contributed by atoms with E-state index in [2.05, 4.69) is 32.2 Å². The van der Waals surface area contributed by atoms with E-state index < -0.39 is 0 Å². The summed E-state index contributed by atoms with van der Waals surface area (Å²) in [6.07, 6.45) is 5.14. The lowest BCUT2D eigenvalue weighted by Gasteiger charge is -2.16. The number of methoxy groups -OCH3 is 1. The number of unbranched alkanes of at least 4 members (excludes halogenated alkanes) is 3. The van der Waals surface area contributed by atoms with Gasteiger partial charge in [-0.25, -0.2) is 0 Å². The minimum Gasteiger partial charge on any atom is -0.493 e. The Labute approximate surface area is 130 Å². The Balaban J connectivity index is 2.54. The largest absolute Gasteiger partial charge is 0.493 e. The highest BCUT2D eigenvalue weighted by atomic mass is 16.5. The predicted octanol–water partition coefficient (Wildman–Crippen LogP) is 4.40. The topological polar surface area (TPSA) is 30.5 Å². The zero-order chi connectivity index (χ0) is 15.5. The second kappa shape index (κ2) is 10.5. The maximum absolute atomic E-state index is 5.95. The fourth-order valence-electron chi connectivity index (χ4n) is 2.17. The summed E-state index contributed by atoms with van der Waals surface area (Å²) in [5, 5.41) is 3.50. The van der Waals surface area contributed by atoms with Crippen LogP contribution in [0.4, 0.5) is 0 Å². The van der Waals surface area contributed by atoms with E-state index in [9.17, 15) is 0 Å². The Morgan fingerprint density at radius 1 is 1.14 bits per heavy atom. The molecule has 0 unspecified atom stereocenters. The second-order valence-electron chi connectivity index (χ2n) is 5.89. The maximum atomic E-state index is 5.95. The normalized spacial score (nSPS) is 10.9. The van der Waals surface area contributed by atoms with Crippen LogP contribution < -0.4 is 14.8 Å². The average molecular weight is 293 g/mol. The monoisotopic (exact) mass is 293 g/mol. The van der Waals surface area contributed by atoms with Crippen LogP contribution in [-0.4, -0.2) is 20.3 Å². The van der Waals surface area contributed by atoms with Gasteiger partial charge in [0.15, 0.2) is 11.5 Å². The maximum Gasteiger partial charge on any atom is 0.165 e. The van der Waals surface area contributed by atoms with E-state index in [1.807, 2.05) is 12.1 Å². The Hall–Kier alpha value is -1.22. The zero-order valence-electron chi connectivity index (χ0n) is 14.1. The van der Waals surface area contributed by atoms with Gasteiger partial charge in [-0.15, -0.1) is 0 Å². The van der Waals surface area contributed by atoms with Crippen molar-refractivity contribution in [3.05, 3.63) is 23.8 Å². The summed E-state index contributed by atoms with van der Waals surface area (Å²) in [7, 11) is 1.69. The number of hydrogen-bond donors (Lipinski definition) is 1. The van der Waals surface area contributed by atoms with Crippen molar-refractivity contribution in [2.75, 3.05) is 20.3 Å². The molecule has 1 aromatic carbocycles. The Morgan fingerprint density at radius 2 is 1.95 bits per heavy atom. The molecule has 0 amide bonds. The van der Waals surface area contributed by atoms with Gasteiger partial charge in [0.2, 0.25) is 0 Å². The molecule has 0 saturated carbocycles. The lowest BCUT2D eigenvalue weighted by molar-refractivity contribution is 0.254. The smallest absolute Gasteiger partial charge is 0.165 e. The second-order valence-corrected chi connectivity index (χ2v) is 5.89. The van der Waals surface area contributed by atoms with Crippen molar-refractivity contribution >= 4 is 0 Å². The summed E-state index contributed by atoms with van der Waals surface area (Å²) >= 11 is 0. The first-order valence-corrected chi connectivity index (χ1v) is 8.18. The number of hydrogen-bond acceptors (Lipinski definition) is 3. The number of ether oxygens (including phenoxy) is 2. The highest BCUT2D eigenvalue weighted by Crippen LogP contribution is 2.31. The van der Waals surface area contributed by atoms with Gasteiger partial charge in [-0.05, 0) is 24.9 Å². The van der Waals surface area contributed by atoms with Gasteiger partial charge in [0.05, 0.1) is 13.7 Å². The molecule has 0 fully saturated rings. The van der Waals surface area contributed by atoms with Crippen LogP contribution in [0.5, 0.6) is 11.5 Å². The van der Waals surface area contributed by atoms with Gasteiger partial charge in [-0.2, -0.15) is 0 Å². The number of para-hydroxylation sites is 1. The highest BCUT2D eigenvalue weighted by Gasteiger charge is 2.11. The zero-order valence-corrected chi connectivity index (χ0v) is 14.1. The van der Waals surface area contributed by atoms with Crippen molar-refractivity contribution in [1.29, 1.82) is 0 Å². The molecular weight excluding hydrogens is 262 g/mol. The highest BCUT2D eigenvalue weighted by molar-refractivity contribution is 5.46. The van der Waals surface area contributed by atoms with Crippen LogP contribution >= 0.6 is 0 Å². The lowest BCUT2D eigenvalue weighted by atomic mass is 10.1. The van der Waals surface area contributed by atoms with E-state index in [-0.39, 0.29) is 0 Å². The van der Waals surface area contributed by atoms with Gasteiger partial charge >= 0.3 is 0 Å². The fourth-order valence-corrected chi connectivity index (χ4v) is 2.17. The third-order valence-corrected chi connectivity index (χ3v) is 3.36. The first-order valence-electron chi connectivity index (χ1n) is 8.18. The molecule has 21 heavy (non-hydrogen) atoms. The molecule has 0 radical (unpaired) electrons. The summed E-state index contributed by atoms with van der Waals surface area (Å²) in [4.78, 5) is 0. The Kier molecular flexibility index (Phi) is 8.91. The van der Waals surface area contributed by atoms with Crippen molar-refractivity contribution in [3.63, 3.8) is 0 Å². The molecule has 0 atom stereocenters. The molecule has 3 nitrogen and oxygen atoms in total. The van der Waals surface area contributed by atoms with E-state index in [1.165, 1.54) is 31.2 Å². The van der Waals surface area contributed by atoms with Crippen LogP contribution in [0.3, 0.4) is 0 Å². The molecule has 0 heterocycles. The molecule has 0 aliphatic carbocycles. The Morgan fingerprint density at radius 3 is 2.62 bits per heavy atom. The summed E-state index contributed by atoms with van der Waals surface area (Å²) in [6.45, 7) is 9.14.